The van der Waals surface area contributed by atoms with E-state index in [1.54, 1.807) is 12.1 Å². The van der Waals surface area contributed by atoms with Crippen molar-refractivity contribution in [3.05, 3.63) is 82.4 Å². The van der Waals surface area contributed by atoms with Crippen molar-refractivity contribution in [1.29, 1.82) is 0 Å². The minimum Gasteiger partial charge on any atom is -0.204 e. The van der Waals surface area contributed by atoms with E-state index in [1.165, 1.54) is 24.3 Å². The molecule has 0 aliphatic heterocycles. The highest BCUT2D eigenvalue weighted by molar-refractivity contribution is 5.84. The lowest BCUT2D eigenvalue weighted by Crippen LogP contribution is -1.97. The zero-order chi connectivity index (χ0) is 18.7. The molecule has 0 fully saturated rings. The average Bonchev–Trinajstić information content (AvgIpc) is 2.65. The topological polar surface area (TPSA) is 0 Å². The highest BCUT2D eigenvalue weighted by atomic mass is 19.2. The maximum absolute atomic E-state index is 14.2. The van der Waals surface area contributed by atoms with Crippen LogP contribution in [0.5, 0.6) is 0 Å². The molecule has 3 aromatic carbocycles. The lowest BCUT2D eigenvalue weighted by atomic mass is 10.0. The Morgan fingerprint density at radius 2 is 1.62 bits per heavy atom. The quantitative estimate of drug-likeness (QED) is 0.391. The first-order valence-corrected chi connectivity index (χ1v) is 8.38. The van der Waals surface area contributed by atoms with Crippen molar-refractivity contribution in [3.8, 4) is 11.8 Å². The summed E-state index contributed by atoms with van der Waals surface area (Å²) in [4.78, 5) is 0. The Kier molecular flexibility index (Phi) is 5.27. The van der Waals surface area contributed by atoms with E-state index in [1.807, 2.05) is 6.92 Å². The Labute approximate surface area is 149 Å². The Bertz CT molecular complexity index is 1030. The van der Waals surface area contributed by atoms with Gasteiger partial charge in [-0.15, -0.1) is 0 Å². The molecule has 0 bridgehead atoms. The first-order valence-electron chi connectivity index (χ1n) is 8.38. The predicted octanol–water partition coefficient (Wildman–Crippen LogP) is 6.14. The van der Waals surface area contributed by atoms with E-state index in [4.69, 9.17) is 0 Å². The largest absolute Gasteiger partial charge is 0.204 e. The standard InChI is InChI=1S/C22H16F4/c1-2-3-4-15-8-9-16(21(25)20(15)24)7-5-14-6-11-18-17(13-14)10-12-19(23)22(18)26/h6,8-13H,2-4H2,1H3. The van der Waals surface area contributed by atoms with Crippen molar-refractivity contribution < 1.29 is 17.6 Å². The minimum absolute atomic E-state index is 0.0341. The molecule has 0 heterocycles. The summed E-state index contributed by atoms with van der Waals surface area (Å²) in [6.45, 7) is 1.98. The van der Waals surface area contributed by atoms with Crippen LogP contribution < -0.4 is 0 Å². The van der Waals surface area contributed by atoms with Gasteiger partial charge < -0.3 is 0 Å². The lowest BCUT2D eigenvalue weighted by Gasteiger charge is -2.04. The maximum atomic E-state index is 14.2. The van der Waals surface area contributed by atoms with Crippen molar-refractivity contribution >= 4 is 10.8 Å². The van der Waals surface area contributed by atoms with Crippen molar-refractivity contribution in [3.63, 3.8) is 0 Å². The van der Waals surface area contributed by atoms with E-state index in [0.717, 1.165) is 18.9 Å². The SMILES string of the molecule is CCCCc1ccc(C#Cc2ccc3c(F)c(F)ccc3c2)c(F)c1F. The molecule has 132 valence electrons. The molecule has 0 aliphatic rings. The van der Waals surface area contributed by atoms with Crippen LogP contribution in [-0.2, 0) is 6.42 Å². The molecule has 0 unspecified atom stereocenters. The second-order valence-electron chi connectivity index (χ2n) is 6.05. The Hall–Kier alpha value is -2.80. The van der Waals surface area contributed by atoms with Gasteiger partial charge in [-0.1, -0.05) is 43.4 Å². The van der Waals surface area contributed by atoms with Crippen LogP contribution in [0, 0.1) is 35.1 Å². The number of unbranched alkanes of at least 4 members (excludes halogenated alkanes) is 1. The van der Waals surface area contributed by atoms with Gasteiger partial charge in [-0.05, 0) is 48.1 Å². The summed E-state index contributed by atoms with van der Waals surface area (Å²) in [7, 11) is 0. The molecular weight excluding hydrogens is 340 g/mol. The Morgan fingerprint density at radius 3 is 2.38 bits per heavy atom. The third-order valence-electron chi connectivity index (χ3n) is 4.21. The van der Waals surface area contributed by atoms with Gasteiger partial charge in [-0.3, -0.25) is 0 Å². The monoisotopic (exact) mass is 356 g/mol. The summed E-state index contributed by atoms with van der Waals surface area (Å²) in [6, 6.07) is 10.0. The van der Waals surface area contributed by atoms with Crippen LogP contribution in [0.2, 0.25) is 0 Å². The number of halogens is 4. The van der Waals surface area contributed by atoms with E-state index in [2.05, 4.69) is 11.8 Å². The lowest BCUT2D eigenvalue weighted by molar-refractivity contribution is 0.495. The molecule has 0 nitrogen and oxygen atoms in total. The fourth-order valence-electron chi connectivity index (χ4n) is 2.73. The second kappa shape index (κ2) is 7.61. The van der Waals surface area contributed by atoms with Gasteiger partial charge >= 0.3 is 0 Å². The van der Waals surface area contributed by atoms with Crippen LogP contribution in [0.25, 0.3) is 10.8 Å². The molecule has 4 heteroatoms. The summed E-state index contributed by atoms with van der Waals surface area (Å²) in [5, 5.41) is 0.630. The van der Waals surface area contributed by atoms with Gasteiger partial charge in [0.1, 0.15) is 0 Å². The van der Waals surface area contributed by atoms with Crippen LogP contribution >= 0.6 is 0 Å². The van der Waals surface area contributed by atoms with E-state index < -0.39 is 23.3 Å². The Morgan fingerprint density at radius 1 is 0.808 bits per heavy atom. The number of hydrogen-bond donors (Lipinski definition) is 0. The van der Waals surface area contributed by atoms with Crippen molar-refractivity contribution in [2.24, 2.45) is 0 Å². The van der Waals surface area contributed by atoms with Crippen LogP contribution in [0.3, 0.4) is 0 Å². The zero-order valence-corrected chi connectivity index (χ0v) is 14.2. The molecule has 26 heavy (non-hydrogen) atoms. The number of rotatable bonds is 3. The number of benzene rings is 3. The smallest absolute Gasteiger partial charge is 0.174 e. The minimum atomic E-state index is -0.958. The van der Waals surface area contributed by atoms with Gasteiger partial charge in [0.2, 0.25) is 0 Å². The predicted molar refractivity (Wildman–Crippen MR) is 94.8 cm³/mol. The van der Waals surface area contributed by atoms with E-state index in [-0.39, 0.29) is 10.9 Å². The van der Waals surface area contributed by atoms with Crippen molar-refractivity contribution in [2.45, 2.75) is 26.2 Å². The van der Waals surface area contributed by atoms with Crippen LogP contribution in [-0.4, -0.2) is 0 Å². The number of hydrogen-bond acceptors (Lipinski definition) is 0. The summed E-state index contributed by atoms with van der Waals surface area (Å²) in [5.41, 5.74) is 0.810. The van der Waals surface area contributed by atoms with Gasteiger partial charge in [0, 0.05) is 10.9 Å². The van der Waals surface area contributed by atoms with Gasteiger partial charge in [0.25, 0.3) is 0 Å². The average molecular weight is 356 g/mol. The van der Waals surface area contributed by atoms with Gasteiger partial charge in [0.15, 0.2) is 23.3 Å². The summed E-state index contributed by atoms with van der Waals surface area (Å²) in [5.74, 6) is 1.70. The Balaban J connectivity index is 1.93. The van der Waals surface area contributed by atoms with Crippen LogP contribution in [0.4, 0.5) is 17.6 Å². The first-order chi connectivity index (χ1) is 12.5. The van der Waals surface area contributed by atoms with Crippen LogP contribution in [0.1, 0.15) is 36.5 Å². The third kappa shape index (κ3) is 3.57. The second-order valence-corrected chi connectivity index (χ2v) is 6.05. The third-order valence-corrected chi connectivity index (χ3v) is 4.21. The van der Waals surface area contributed by atoms with Crippen molar-refractivity contribution in [1.82, 2.24) is 0 Å². The van der Waals surface area contributed by atoms with Gasteiger partial charge in [-0.2, -0.15) is 0 Å². The molecule has 0 atom stereocenters. The zero-order valence-electron chi connectivity index (χ0n) is 14.2. The number of aryl methyl sites for hydroxylation is 1. The van der Waals surface area contributed by atoms with Crippen molar-refractivity contribution in [2.75, 3.05) is 0 Å². The first kappa shape index (κ1) is 18.0. The van der Waals surface area contributed by atoms with Gasteiger partial charge in [0.05, 0.1) is 5.56 Å². The summed E-state index contributed by atoms with van der Waals surface area (Å²) < 4.78 is 55.2. The molecule has 3 aromatic rings. The molecule has 0 radical (unpaired) electrons. The summed E-state index contributed by atoms with van der Waals surface area (Å²) in [6.07, 6.45) is 2.17. The highest BCUT2D eigenvalue weighted by Crippen LogP contribution is 2.22. The highest BCUT2D eigenvalue weighted by Gasteiger charge is 2.12. The molecule has 0 aliphatic carbocycles. The molecule has 0 saturated carbocycles. The molecule has 0 spiro atoms. The maximum Gasteiger partial charge on any atom is 0.174 e. The molecular formula is C22H16F4. The molecule has 3 rings (SSSR count). The fraction of sp³-hybridized carbons (Fsp3) is 0.182. The summed E-state index contributed by atoms with van der Waals surface area (Å²) >= 11 is 0. The molecule has 0 N–H and O–H groups in total. The van der Waals surface area contributed by atoms with E-state index in [9.17, 15) is 17.6 Å². The molecule has 0 amide bonds. The fourth-order valence-corrected chi connectivity index (χ4v) is 2.73. The molecule has 0 aromatic heterocycles. The normalized spacial score (nSPS) is 10.7. The van der Waals surface area contributed by atoms with E-state index >= 15 is 0 Å². The number of fused-ring (bicyclic) bond motifs is 1. The van der Waals surface area contributed by atoms with Gasteiger partial charge in [-0.25, -0.2) is 17.6 Å². The van der Waals surface area contributed by atoms with E-state index in [0.29, 0.717) is 22.9 Å². The molecule has 0 saturated heterocycles. The van der Waals surface area contributed by atoms with Crippen LogP contribution in [0.15, 0.2) is 42.5 Å².